The van der Waals surface area contributed by atoms with Crippen LogP contribution in [0.2, 0.25) is 0 Å². The monoisotopic (exact) mass is 330 g/mol. The molecule has 1 saturated heterocycles. The quantitative estimate of drug-likeness (QED) is 0.846. The molecule has 2 aromatic rings. The first-order valence-corrected chi connectivity index (χ1v) is 8.82. The smallest absolute Gasteiger partial charge is 0.255 e. The summed E-state index contributed by atoms with van der Waals surface area (Å²) in [6.07, 6.45) is 6.75. The topological polar surface area (TPSA) is 59.7 Å². The third kappa shape index (κ3) is 3.59. The van der Waals surface area contributed by atoms with Crippen molar-refractivity contribution >= 4 is 11.6 Å². The molecule has 0 unspecified atom stereocenters. The van der Waals surface area contributed by atoms with Gasteiger partial charge in [-0.25, -0.2) is 9.50 Å². The Balaban J connectivity index is 1.78. The molecule has 2 aromatic heterocycles. The minimum atomic E-state index is 0.0443. The summed E-state index contributed by atoms with van der Waals surface area (Å²) in [5, 5.41) is 4.12. The maximum atomic E-state index is 13.0. The van der Waals surface area contributed by atoms with Crippen LogP contribution in [0.3, 0.4) is 0 Å². The van der Waals surface area contributed by atoms with Gasteiger partial charge in [0.25, 0.3) is 5.91 Å². The standard InChI is InChI=1S/C18H26N4O2/c1-4-5-6-15-10-21(11-16(24-15)13(2)3)18(23)14-7-8-17-19-12-20-22(17)9-14/h7-9,12-13,15-16H,4-6,10-11H2,1-3H3/t15-,16-/m1/s1. The molecular formula is C18H26N4O2. The number of carbonyl (C=O) groups is 1. The highest BCUT2D eigenvalue weighted by Crippen LogP contribution is 2.22. The van der Waals surface area contributed by atoms with E-state index >= 15 is 0 Å². The second-order valence-corrected chi connectivity index (χ2v) is 6.87. The molecule has 0 bridgehead atoms. The largest absolute Gasteiger partial charge is 0.371 e. The lowest BCUT2D eigenvalue weighted by Crippen LogP contribution is -2.51. The second-order valence-electron chi connectivity index (χ2n) is 6.87. The molecule has 0 aromatic carbocycles. The molecule has 3 heterocycles. The van der Waals surface area contributed by atoms with Crippen LogP contribution in [0.1, 0.15) is 50.4 Å². The fourth-order valence-corrected chi connectivity index (χ4v) is 3.12. The zero-order chi connectivity index (χ0) is 17.1. The summed E-state index contributed by atoms with van der Waals surface area (Å²) in [7, 11) is 0. The molecule has 130 valence electrons. The average molecular weight is 330 g/mol. The van der Waals surface area contributed by atoms with Crippen LogP contribution in [0.4, 0.5) is 0 Å². The number of carbonyl (C=O) groups excluding carboxylic acids is 1. The Bertz CT molecular complexity index is 697. The van der Waals surface area contributed by atoms with E-state index in [1.165, 1.54) is 6.33 Å². The van der Waals surface area contributed by atoms with Gasteiger partial charge in [-0.05, 0) is 24.5 Å². The van der Waals surface area contributed by atoms with Gasteiger partial charge in [0.2, 0.25) is 0 Å². The summed E-state index contributed by atoms with van der Waals surface area (Å²) in [5.74, 6) is 0.436. The van der Waals surface area contributed by atoms with Crippen molar-refractivity contribution in [2.75, 3.05) is 13.1 Å². The lowest BCUT2D eigenvalue weighted by molar-refractivity contribution is -0.0962. The van der Waals surface area contributed by atoms with Crippen LogP contribution >= 0.6 is 0 Å². The first-order valence-electron chi connectivity index (χ1n) is 8.82. The van der Waals surface area contributed by atoms with Gasteiger partial charge in [0.1, 0.15) is 6.33 Å². The summed E-state index contributed by atoms with van der Waals surface area (Å²) < 4.78 is 7.84. The van der Waals surface area contributed by atoms with E-state index in [0.717, 1.165) is 24.9 Å². The van der Waals surface area contributed by atoms with Crippen LogP contribution in [0.25, 0.3) is 5.65 Å². The molecule has 0 spiro atoms. The zero-order valence-corrected chi connectivity index (χ0v) is 14.7. The minimum Gasteiger partial charge on any atom is -0.371 e. The lowest BCUT2D eigenvalue weighted by atomic mass is 10.0. The summed E-state index contributed by atoms with van der Waals surface area (Å²) >= 11 is 0. The first kappa shape index (κ1) is 16.9. The van der Waals surface area contributed by atoms with Gasteiger partial charge in [0.15, 0.2) is 5.65 Å². The van der Waals surface area contributed by atoms with Crippen molar-refractivity contribution in [3.63, 3.8) is 0 Å². The number of rotatable bonds is 5. The molecule has 1 aliphatic heterocycles. The minimum absolute atomic E-state index is 0.0443. The summed E-state index contributed by atoms with van der Waals surface area (Å²) in [6.45, 7) is 7.79. The number of amides is 1. The Morgan fingerprint density at radius 3 is 2.96 bits per heavy atom. The molecule has 3 rings (SSSR count). The Kier molecular flexibility index (Phi) is 5.14. The summed E-state index contributed by atoms with van der Waals surface area (Å²) in [4.78, 5) is 19.0. The normalized spacial score (nSPS) is 21.6. The van der Waals surface area contributed by atoms with Crippen LogP contribution in [0, 0.1) is 5.92 Å². The van der Waals surface area contributed by atoms with E-state index in [2.05, 4.69) is 30.9 Å². The van der Waals surface area contributed by atoms with Crippen LogP contribution in [0.5, 0.6) is 0 Å². The molecule has 0 N–H and O–H groups in total. The maximum Gasteiger partial charge on any atom is 0.255 e. The SMILES string of the molecule is CCCC[C@@H]1CN(C(=O)c2ccc3ncnn3c2)C[C@H](C(C)C)O1. The van der Waals surface area contributed by atoms with Crippen LogP contribution in [0.15, 0.2) is 24.7 Å². The van der Waals surface area contributed by atoms with Crippen molar-refractivity contribution in [1.29, 1.82) is 0 Å². The van der Waals surface area contributed by atoms with Crippen molar-refractivity contribution in [2.45, 2.75) is 52.2 Å². The van der Waals surface area contributed by atoms with Gasteiger partial charge in [0.05, 0.1) is 17.8 Å². The Morgan fingerprint density at radius 1 is 1.38 bits per heavy atom. The number of hydrogen-bond acceptors (Lipinski definition) is 4. The van der Waals surface area contributed by atoms with Crippen LogP contribution in [-0.4, -0.2) is 50.7 Å². The van der Waals surface area contributed by atoms with Crippen molar-refractivity contribution in [3.05, 3.63) is 30.2 Å². The molecular weight excluding hydrogens is 304 g/mol. The molecule has 6 heteroatoms. The van der Waals surface area contributed by atoms with Crippen molar-refractivity contribution in [2.24, 2.45) is 5.92 Å². The number of aromatic nitrogens is 3. The van der Waals surface area contributed by atoms with Crippen molar-refractivity contribution in [3.8, 4) is 0 Å². The number of fused-ring (bicyclic) bond motifs is 1. The number of nitrogens with zero attached hydrogens (tertiary/aromatic N) is 4. The van der Waals surface area contributed by atoms with Gasteiger partial charge in [-0.2, -0.15) is 5.10 Å². The predicted octanol–water partition coefficient (Wildman–Crippen LogP) is 2.79. The molecule has 1 amide bonds. The lowest BCUT2D eigenvalue weighted by Gasteiger charge is -2.40. The van der Waals surface area contributed by atoms with E-state index in [4.69, 9.17) is 4.74 Å². The Morgan fingerprint density at radius 2 is 2.21 bits per heavy atom. The van der Waals surface area contributed by atoms with Gasteiger partial charge in [-0.1, -0.05) is 33.6 Å². The zero-order valence-electron chi connectivity index (χ0n) is 14.7. The van der Waals surface area contributed by atoms with Crippen LogP contribution < -0.4 is 0 Å². The van der Waals surface area contributed by atoms with Gasteiger partial charge < -0.3 is 9.64 Å². The van der Waals surface area contributed by atoms with E-state index < -0.39 is 0 Å². The number of ether oxygens (including phenoxy) is 1. The average Bonchev–Trinajstić information content (AvgIpc) is 3.06. The summed E-state index contributed by atoms with van der Waals surface area (Å²) in [6, 6.07) is 3.66. The van der Waals surface area contributed by atoms with E-state index in [0.29, 0.717) is 24.6 Å². The Hall–Kier alpha value is -1.95. The molecule has 6 nitrogen and oxygen atoms in total. The number of morpholine rings is 1. The van der Waals surface area contributed by atoms with Gasteiger partial charge >= 0.3 is 0 Å². The fraction of sp³-hybridized carbons (Fsp3) is 0.611. The molecule has 0 saturated carbocycles. The van der Waals surface area contributed by atoms with Gasteiger partial charge in [-0.15, -0.1) is 0 Å². The molecule has 24 heavy (non-hydrogen) atoms. The van der Waals surface area contributed by atoms with Crippen LogP contribution in [-0.2, 0) is 4.74 Å². The summed E-state index contributed by atoms with van der Waals surface area (Å²) in [5.41, 5.74) is 1.39. The molecule has 0 aliphatic carbocycles. The molecule has 0 radical (unpaired) electrons. The van der Waals surface area contributed by atoms with E-state index in [-0.39, 0.29) is 18.1 Å². The highest BCUT2D eigenvalue weighted by molar-refractivity contribution is 5.94. The second kappa shape index (κ2) is 7.30. The number of pyridine rings is 1. The Labute approximate surface area is 142 Å². The highest BCUT2D eigenvalue weighted by atomic mass is 16.5. The first-order chi connectivity index (χ1) is 11.6. The van der Waals surface area contributed by atoms with E-state index in [1.54, 1.807) is 10.7 Å². The van der Waals surface area contributed by atoms with Crippen molar-refractivity contribution < 1.29 is 9.53 Å². The van der Waals surface area contributed by atoms with Crippen molar-refractivity contribution in [1.82, 2.24) is 19.5 Å². The third-order valence-electron chi connectivity index (χ3n) is 4.62. The molecule has 2 atom stereocenters. The van der Waals surface area contributed by atoms with Gasteiger partial charge in [0, 0.05) is 19.3 Å². The predicted molar refractivity (Wildman–Crippen MR) is 91.9 cm³/mol. The van der Waals surface area contributed by atoms with Gasteiger partial charge in [-0.3, -0.25) is 4.79 Å². The fourth-order valence-electron chi connectivity index (χ4n) is 3.12. The molecule has 1 aliphatic rings. The van der Waals surface area contributed by atoms with E-state index in [9.17, 15) is 4.79 Å². The number of unbranched alkanes of at least 4 members (excludes halogenated alkanes) is 1. The third-order valence-corrected chi connectivity index (χ3v) is 4.62. The maximum absolute atomic E-state index is 13.0. The van der Waals surface area contributed by atoms with E-state index in [1.807, 2.05) is 17.0 Å². The number of hydrogen-bond donors (Lipinski definition) is 0. The molecule has 1 fully saturated rings. The highest BCUT2D eigenvalue weighted by Gasteiger charge is 2.32.